The summed E-state index contributed by atoms with van der Waals surface area (Å²) in [5.41, 5.74) is -1.30. The zero-order valence-corrected chi connectivity index (χ0v) is 28.8. The maximum Gasteiger partial charge on any atom is 0.313 e. The summed E-state index contributed by atoms with van der Waals surface area (Å²) in [7, 11) is 1.71. The highest BCUT2D eigenvalue weighted by Gasteiger charge is 2.72. The number of carbonyl (C=O) groups is 4. The number of allylic oxidation sites excluding steroid dienone is 1. The van der Waals surface area contributed by atoms with E-state index in [4.69, 9.17) is 9.47 Å². The first-order chi connectivity index (χ1) is 22.1. The predicted molar refractivity (Wildman–Crippen MR) is 177 cm³/mol. The van der Waals surface area contributed by atoms with Crippen LogP contribution in [0, 0.1) is 17.3 Å². The fourth-order valence-corrected chi connectivity index (χ4v) is 8.31. The van der Waals surface area contributed by atoms with Gasteiger partial charge < -0.3 is 29.3 Å². The van der Waals surface area contributed by atoms with Crippen molar-refractivity contribution in [3.63, 3.8) is 0 Å². The average molecular weight is 650 g/mol. The molecule has 4 heterocycles. The lowest BCUT2D eigenvalue weighted by atomic mass is 9.77. The third kappa shape index (κ3) is 6.51. The Morgan fingerprint density at radius 1 is 1.00 bits per heavy atom. The number of fused-ring (bicyclic) bond motifs is 2. The molecule has 5 rings (SSSR count). The molecule has 7 atom stereocenters. The van der Waals surface area contributed by atoms with Gasteiger partial charge in [0.2, 0.25) is 17.7 Å². The number of benzene rings is 1. The summed E-state index contributed by atoms with van der Waals surface area (Å²) in [6.07, 6.45) is 7.32. The molecule has 3 amide bonds. The number of likely N-dealkylation sites (N-methyl/N-ethyl adjacent to an activating group) is 1. The van der Waals surface area contributed by atoms with Crippen LogP contribution < -0.4 is 0 Å². The normalized spacial score (nSPS) is 32.6. The number of nitrogens with zero attached hydrogens (tertiary/aromatic N) is 3. The van der Waals surface area contributed by atoms with Crippen molar-refractivity contribution in [2.24, 2.45) is 17.3 Å². The van der Waals surface area contributed by atoms with Gasteiger partial charge in [0, 0.05) is 38.7 Å². The van der Waals surface area contributed by atoms with Crippen molar-refractivity contribution in [2.45, 2.75) is 103 Å². The monoisotopic (exact) mass is 649 g/mol. The number of aliphatic hydroxyl groups excluding tert-OH is 1. The third-order valence-electron chi connectivity index (χ3n) is 10.2. The van der Waals surface area contributed by atoms with Gasteiger partial charge in [-0.3, -0.25) is 19.2 Å². The zero-order chi connectivity index (χ0) is 34.3. The van der Waals surface area contributed by atoms with Crippen LogP contribution in [0.25, 0.3) is 0 Å². The maximum absolute atomic E-state index is 14.8. The van der Waals surface area contributed by atoms with E-state index in [1.165, 1.54) is 4.90 Å². The van der Waals surface area contributed by atoms with Crippen LogP contribution in [0.5, 0.6) is 0 Å². The van der Waals surface area contributed by atoms with Gasteiger partial charge in [-0.15, -0.1) is 0 Å². The van der Waals surface area contributed by atoms with Gasteiger partial charge in [0.05, 0.1) is 18.1 Å². The Balaban J connectivity index is 1.60. The van der Waals surface area contributed by atoms with Crippen LogP contribution in [0.15, 0.2) is 54.6 Å². The molecule has 4 aliphatic heterocycles. The molecule has 1 spiro atoms. The molecule has 1 aromatic rings. The van der Waals surface area contributed by atoms with Gasteiger partial charge in [-0.1, -0.05) is 75.4 Å². The fourth-order valence-electron chi connectivity index (χ4n) is 8.31. The van der Waals surface area contributed by atoms with Crippen molar-refractivity contribution in [1.29, 1.82) is 0 Å². The fraction of sp³-hybridized carbons (Fsp3) is 0.622. The van der Waals surface area contributed by atoms with Gasteiger partial charge in [0.15, 0.2) is 0 Å². The predicted octanol–water partition coefficient (Wildman–Crippen LogP) is 4.04. The first kappa shape index (κ1) is 34.8. The minimum atomic E-state index is -1.42. The Labute approximate surface area is 278 Å². The Bertz CT molecular complexity index is 1420. The molecule has 10 nitrogen and oxygen atoms in total. The minimum Gasteiger partial charge on any atom is -0.455 e. The van der Waals surface area contributed by atoms with Crippen molar-refractivity contribution in [1.82, 2.24) is 14.7 Å². The van der Waals surface area contributed by atoms with Crippen molar-refractivity contribution < 1.29 is 33.8 Å². The lowest BCUT2D eigenvalue weighted by Crippen LogP contribution is -2.60. The molecule has 47 heavy (non-hydrogen) atoms. The summed E-state index contributed by atoms with van der Waals surface area (Å²) < 4.78 is 13.1. The minimum absolute atomic E-state index is 0.0672. The van der Waals surface area contributed by atoms with Crippen LogP contribution in [0.3, 0.4) is 0 Å². The van der Waals surface area contributed by atoms with Crippen LogP contribution in [0.4, 0.5) is 0 Å². The Morgan fingerprint density at radius 3 is 2.36 bits per heavy atom. The molecule has 1 aromatic carbocycles. The number of likely N-dealkylation sites (tertiary alicyclic amines) is 1. The molecule has 0 saturated carbocycles. The van der Waals surface area contributed by atoms with Crippen LogP contribution in [-0.4, -0.2) is 99.6 Å². The van der Waals surface area contributed by atoms with E-state index < -0.39 is 53.2 Å². The van der Waals surface area contributed by atoms with Gasteiger partial charge in [0.1, 0.15) is 23.7 Å². The molecule has 0 aliphatic carbocycles. The smallest absolute Gasteiger partial charge is 0.313 e. The number of esters is 1. The van der Waals surface area contributed by atoms with Crippen LogP contribution in [0.1, 0.15) is 78.9 Å². The molecule has 256 valence electrons. The van der Waals surface area contributed by atoms with E-state index >= 15 is 0 Å². The molecular weight excluding hydrogens is 598 g/mol. The van der Waals surface area contributed by atoms with E-state index in [1.54, 1.807) is 18.0 Å². The SMILES string of the molecule is C[C@@H]1[C@@H](c2ccccc2)OC(=O)[C@@H]2[C@H]3C(=O)N(CCCO)[C@@H]4C(=O)N(C(C)(C)CC(C)(C)C)CC=C[C@]34O[C@@H]2/C=C\CCC(=O)N1C. The highest BCUT2D eigenvalue weighted by Crippen LogP contribution is 2.54. The molecule has 2 fully saturated rings. The number of hydrogen-bond donors (Lipinski definition) is 1. The van der Waals surface area contributed by atoms with Gasteiger partial charge >= 0.3 is 5.97 Å². The second kappa shape index (κ2) is 13.2. The van der Waals surface area contributed by atoms with Crippen molar-refractivity contribution in [2.75, 3.05) is 26.7 Å². The van der Waals surface area contributed by atoms with Gasteiger partial charge in [-0.2, -0.15) is 0 Å². The number of carbonyl (C=O) groups excluding carboxylic acids is 4. The third-order valence-corrected chi connectivity index (χ3v) is 10.2. The lowest BCUT2D eigenvalue weighted by Gasteiger charge is -2.44. The van der Waals surface area contributed by atoms with E-state index in [0.717, 1.165) is 12.0 Å². The molecule has 10 heteroatoms. The van der Waals surface area contributed by atoms with Crippen LogP contribution >= 0.6 is 0 Å². The highest BCUT2D eigenvalue weighted by molar-refractivity contribution is 5.99. The molecular formula is C37H51N3O7. The molecule has 2 saturated heterocycles. The van der Waals surface area contributed by atoms with Crippen molar-refractivity contribution in [3.8, 4) is 0 Å². The first-order valence-corrected chi connectivity index (χ1v) is 16.9. The highest BCUT2D eigenvalue weighted by atomic mass is 16.6. The Morgan fingerprint density at radius 2 is 1.70 bits per heavy atom. The second-order valence-corrected chi connectivity index (χ2v) is 15.3. The average Bonchev–Trinajstić information content (AvgIpc) is 3.38. The Hall–Kier alpha value is -3.50. The zero-order valence-electron chi connectivity index (χ0n) is 28.8. The Kier molecular flexibility index (Phi) is 9.77. The molecule has 0 bridgehead atoms. The summed E-state index contributed by atoms with van der Waals surface area (Å²) >= 11 is 0. The van der Waals surface area contributed by atoms with Crippen molar-refractivity contribution in [3.05, 3.63) is 60.2 Å². The molecule has 4 aliphatic rings. The summed E-state index contributed by atoms with van der Waals surface area (Å²) in [5, 5.41) is 9.76. The maximum atomic E-state index is 14.8. The van der Waals surface area contributed by atoms with E-state index in [2.05, 4.69) is 20.8 Å². The van der Waals surface area contributed by atoms with Crippen molar-refractivity contribution >= 4 is 23.7 Å². The lowest BCUT2D eigenvalue weighted by molar-refractivity contribution is -0.164. The number of amides is 3. The number of ether oxygens (including phenoxy) is 2. The first-order valence-electron chi connectivity index (χ1n) is 16.9. The molecule has 1 N–H and O–H groups in total. The van der Waals surface area contributed by atoms with E-state index in [1.807, 2.05) is 74.2 Å². The van der Waals surface area contributed by atoms with Gasteiger partial charge in [-0.05, 0) is 51.0 Å². The molecule has 0 aromatic heterocycles. The second-order valence-electron chi connectivity index (χ2n) is 15.3. The molecule has 0 unspecified atom stereocenters. The number of cyclic esters (lactones) is 1. The quantitative estimate of drug-likeness (QED) is 0.365. The summed E-state index contributed by atoms with van der Waals surface area (Å²) in [4.78, 5) is 61.9. The topological polar surface area (TPSA) is 117 Å². The number of hydrogen-bond acceptors (Lipinski definition) is 7. The van der Waals surface area contributed by atoms with Gasteiger partial charge in [0.25, 0.3) is 0 Å². The standard InChI is InChI=1S/C37H51N3O7/c1-24-30(25-15-9-8-10-16-25)46-34(45)28-26(17-11-12-18-27(42)38(24)7)47-37-19-13-21-40(36(5,6)23-35(2,3)4)33(44)31(37)39(20-14-22-41)32(43)29(28)37/h8-11,13,15-17,19,24,26,28-31,41H,12,14,18,20-23H2,1-7H3/b17-11-/t24-,26-,28+,29+,30+,31-,37+/m1/s1. The van der Waals surface area contributed by atoms with E-state index in [9.17, 15) is 24.3 Å². The van der Waals surface area contributed by atoms with E-state index in [0.29, 0.717) is 13.0 Å². The molecule has 0 radical (unpaired) electrons. The summed E-state index contributed by atoms with van der Waals surface area (Å²) in [6.45, 7) is 12.7. The van der Waals surface area contributed by atoms with Crippen LogP contribution in [0.2, 0.25) is 0 Å². The number of rotatable bonds is 6. The van der Waals surface area contributed by atoms with Crippen LogP contribution in [-0.2, 0) is 28.7 Å². The van der Waals surface area contributed by atoms with Gasteiger partial charge in [-0.25, -0.2) is 0 Å². The number of aliphatic hydroxyl groups is 1. The summed E-state index contributed by atoms with van der Waals surface area (Å²) in [6, 6.07) is 7.78. The summed E-state index contributed by atoms with van der Waals surface area (Å²) in [5.74, 6) is -3.35. The van der Waals surface area contributed by atoms with E-state index in [-0.39, 0.29) is 49.1 Å². The largest absolute Gasteiger partial charge is 0.455 e.